The Morgan fingerprint density at radius 3 is 2.52 bits per heavy atom. The summed E-state index contributed by atoms with van der Waals surface area (Å²) in [6.07, 6.45) is 1.33. The number of amides is 2. The molecule has 0 aliphatic heterocycles. The number of rotatable bonds is 6. The predicted molar refractivity (Wildman–Crippen MR) is 98.4 cm³/mol. The monoisotopic (exact) mass is 405 g/mol. The van der Waals surface area contributed by atoms with Gasteiger partial charge in [0.25, 0.3) is 5.91 Å². The fourth-order valence-corrected chi connectivity index (χ4v) is 3.91. The summed E-state index contributed by atoms with van der Waals surface area (Å²) in [5.74, 6) is -1.26. The van der Waals surface area contributed by atoms with Gasteiger partial charge in [0.05, 0.1) is 11.2 Å². The molecule has 3 rings (SSSR count). The summed E-state index contributed by atoms with van der Waals surface area (Å²) in [7, 11) is -3.78. The van der Waals surface area contributed by atoms with Gasteiger partial charge in [-0.1, -0.05) is 12.1 Å². The number of carbonyl (C=O) groups excluding carboxylic acids is 2. The molecule has 0 radical (unpaired) electrons. The Morgan fingerprint density at radius 2 is 1.81 bits per heavy atom. The molecule has 0 spiro atoms. The Balaban J connectivity index is 1.65. The lowest BCUT2D eigenvalue weighted by molar-refractivity contribution is 0.0831. The van der Waals surface area contributed by atoms with E-state index in [2.05, 4.69) is 15.6 Å². The molecule has 2 heterocycles. The van der Waals surface area contributed by atoms with E-state index < -0.39 is 21.8 Å². The molecular formula is C17H15N3O5S2. The van der Waals surface area contributed by atoms with Crippen molar-refractivity contribution in [1.82, 2.24) is 15.6 Å². The number of hydrogen-bond acceptors (Lipinski definition) is 6. The molecule has 0 unspecified atom stereocenters. The van der Waals surface area contributed by atoms with Crippen LogP contribution in [0, 0.1) is 0 Å². The molecule has 140 valence electrons. The Bertz CT molecular complexity index is 1030. The molecule has 0 fully saturated rings. The van der Waals surface area contributed by atoms with Crippen molar-refractivity contribution in [2.75, 3.05) is 0 Å². The van der Waals surface area contributed by atoms with E-state index in [-0.39, 0.29) is 22.8 Å². The molecule has 0 aliphatic carbocycles. The maximum atomic E-state index is 12.4. The third-order valence-corrected chi connectivity index (χ3v) is 5.73. The highest BCUT2D eigenvalue weighted by Crippen LogP contribution is 2.14. The van der Waals surface area contributed by atoms with Crippen LogP contribution in [0.2, 0.25) is 0 Å². The van der Waals surface area contributed by atoms with Crippen molar-refractivity contribution in [2.24, 2.45) is 0 Å². The minimum atomic E-state index is -3.78. The number of benzene rings is 1. The van der Waals surface area contributed by atoms with Gasteiger partial charge in [-0.25, -0.2) is 13.1 Å². The van der Waals surface area contributed by atoms with Crippen molar-refractivity contribution in [3.63, 3.8) is 0 Å². The summed E-state index contributed by atoms with van der Waals surface area (Å²) in [5.41, 5.74) is 4.47. The van der Waals surface area contributed by atoms with Gasteiger partial charge in [-0.2, -0.15) is 0 Å². The summed E-state index contributed by atoms with van der Waals surface area (Å²) in [6.45, 7) is 0.162. The van der Waals surface area contributed by atoms with E-state index in [1.54, 1.807) is 0 Å². The average molecular weight is 405 g/mol. The molecule has 3 N–H and O–H groups in total. The first kappa shape index (κ1) is 18.8. The third-order valence-electron chi connectivity index (χ3n) is 3.46. The smallest absolute Gasteiger partial charge is 0.305 e. The number of hydrazine groups is 1. The van der Waals surface area contributed by atoms with E-state index in [9.17, 15) is 18.0 Å². The Kier molecular flexibility index (Phi) is 5.69. The minimum Gasteiger partial charge on any atom is -0.459 e. The van der Waals surface area contributed by atoms with Crippen LogP contribution in [0.15, 0.2) is 69.5 Å². The molecule has 0 bridgehead atoms. The largest absolute Gasteiger partial charge is 0.459 e. The fourth-order valence-electron chi connectivity index (χ4n) is 2.12. The quantitative estimate of drug-likeness (QED) is 0.542. The molecule has 0 aliphatic rings. The van der Waals surface area contributed by atoms with Crippen molar-refractivity contribution in [3.05, 3.63) is 76.4 Å². The zero-order valence-corrected chi connectivity index (χ0v) is 15.5. The topological polar surface area (TPSA) is 118 Å². The zero-order valence-electron chi connectivity index (χ0n) is 13.8. The zero-order chi connectivity index (χ0) is 19.3. The van der Waals surface area contributed by atoms with Crippen molar-refractivity contribution in [1.29, 1.82) is 0 Å². The second-order valence-electron chi connectivity index (χ2n) is 5.32. The van der Waals surface area contributed by atoms with Gasteiger partial charge in [0.1, 0.15) is 0 Å². The lowest BCUT2D eigenvalue weighted by Gasteiger charge is -2.09. The van der Waals surface area contributed by atoms with Crippen LogP contribution in [-0.4, -0.2) is 20.2 Å². The highest BCUT2D eigenvalue weighted by molar-refractivity contribution is 7.89. The number of hydrogen-bond donors (Lipinski definition) is 3. The van der Waals surface area contributed by atoms with Gasteiger partial charge >= 0.3 is 5.91 Å². The second kappa shape index (κ2) is 8.16. The number of furan rings is 1. The van der Waals surface area contributed by atoms with Crippen LogP contribution < -0.4 is 15.6 Å². The minimum absolute atomic E-state index is 0.0319. The average Bonchev–Trinajstić information content (AvgIpc) is 3.38. The van der Waals surface area contributed by atoms with Crippen LogP contribution in [0.3, 0.4) is 0 Å². The standard InChI is InChI=1S/C17H15N3O5S2/c21-16(19-20-17(22)15-7-2-8-25-15)12-4-1-6-14(10-12)27(23,24)18-11-13-5-3-9-26-13/h1-10,18H,11H2,(H,19,21)(H,20,22). The van der Waals surface area contributed by atoms with Gasteiger partial charge in [0, 0.05) is 17.0 Å². The number of thiophene rings is 1. The first-order chi connectivity index (χ1) is 13.0. The van der Waals surface area contributed by atoms with E-state index in [0.29, 0.717) is 0 Å². The molecule has 8 nitrogen and oxygen atoms in total. The summed E-state index contributed by atoms with van der Waals surface area (Å²) >= 11 is 1.44. The van der Waals surface area contributed by atoms with Crippen molar-refractivity contribution in [2.45, 2.75) is 11.4 Å². The van der Waals surface area contributed by atoms with Gasteiger partial charge in [-0.05, 0) is 41.8 Å². The second-order valence-corrected chi connectivity index (χ2v) is 8.12. The van der Waals surface area contributed by atoms with E-state index in [1.165, 1.54) is 54.0 Å². The maximum Gasteiger partial charge on any atom is 0.305 e. The van der Waals surface area contributed by atoms with Gasteiger partial charge < -0.3 is 4.42 Å². The Labute approximate surface area is 159 Å². The van der Waals surface area contributed by atoms with E-state index in [1.807, 2.05) is 17.5 Å². The van der Waals surface area contributed by atoms with Gasteiger partial charge in [-0.15, -0.1) is 11.3 Å². The van der Waals surface area contributed by atoms with Gasteiger partial charge in [-0.3, -0.25) is 20.4 Å². The SMILES string of the molecule is O=C(NNC(=O)c1ccco1)c1cccc(S(=O)(=O)NCc2cccs2)c1. The van der Waals surface area contributed by atoms with Crippen LogP contribution in [-0.2, 0) is 16.6 Å². The Hall–Kier alpha value is -2.95. The molecular weight excluding hydrogens is 390 g/mol. The highest BCUT2D eigenvalue weighted by Gasteiger charge is 2.17. The Morgan fingerprint density at radius 1 is 1.00 bits per heavy atom. The summed E-state index contributed by atoms with van der Waals surface area (Å²) in [6, 6.07) is 12.1. The lowest BCUT2D eigenvalue weighted by Crippen LogP contribution is -2.41. The molecule has 27 heavy (non-hydrogen) atoms. The van der Waals surface area contributed by atoms with Crippen LogP contribution in [0.4, 0.5) is 0 Å². The van der Waals surface area contributed by atoms with E-state index >= 15 is 0 Å². The van der Waals surface area contributed by atoms with Gasteiger partial charge in [0.15, 0.2) is 5.76 Å². The summed E-state index contributed by atoms with van der Waals surface area (Å²) in [5, 5.41) is 1.85. The fraction of sp³-hybridized carbons (Fsp3) is 0.0588. The molecule has 0 saturated carbocycles. The van der Waals surface area contributed by atoms with Crippen molar-refractivity contribution < 1.29 is 22.4 Å². The molecule has 3 aromatic rings. The summed E-state index contributed by atoms with van der Waals surface area (Å²) < 4.78 is 32.2. The third kappa shape index (κ3) is 4.82. The molecule has 1 aromatic carbocycles. The van der Waals surface area contributed by atoms with Crippen molar-refractivity contribution in [3.8, 4) is 0 Å². The predicted octanol–water partition coefficient (Wildman–Crippen LogP) is 1.89. The molecule has 0 saturated heterocycles. The first-order valence-electron chi connectivity index (χ1n) is 7.72. The van der Waals surface area contributed by atoms with E-state index in [0.717, 1.165) is 4.88 Å². The molecule has 2 amide bonds. The number of carbonyl (C=O) groups is 2. The maximum absolute atomic E-state index is 12.4. The molecule has 10 heteroatoms. The highest BCUT2D eigenvalue weighted by atomic mass is 32.2. The van der Waals surface area contributed by atoms with Gasteiger partial charge in [0.2, 0.25) is 10.0 Å². The molecule has 0 atom stereocenters. The normalized spacial score (nSPS) is 11.1. The van der Waals surface area contributed by atoms with Crippen LogP contribution in [0.5, 0.6) is 0 Å². The summed E-state index contributed by atoms with van der Waals surface area (Å²) in [4.78, 5) is 24.7. The van der Waals surface area contributed by atoms with Crippen LogP contribution in [0.25, 0.3) is 0 Å². The number of sulfonamides is 1. The first-order valence-corrected chi connectivity index (χ1v) is 10.1. The van der Waals surface area contributed by atoms with Crippen LogP contribution in [0.1, 0.15) is 25.8 Å². The van der Waals surface area contributed by atoms with E-state index in [4.69, 9.17) is 4.42 Å². The van der Waals surface area contributed by atoms with Crippen LogP contribution >= 0.6 is 11.3 Å². The number of nitrogens with one attached hydrogen (secondary N) is 3. The molecule has 2 aromatic heterocycles. The van der Waals surface area contributed by atoms with Crippen molar-refractivity contribution >= 4 is 33.2 Å². The lowest BCUT2D eigenvalue weighted by atomic mass is 10.2.